The number of nitrogens with zero attached hydrogens (tertiary/aromatic N) is 2. The Morgan fingerprint density at radius 3 is 2.04 bits per heavy atom. The Bertz CT molecular complexity index is 1120. The van der Waals surface area contributed by atoms with Crippen LogP contribution in [-0.2, 0) is 6.42 Å². The zero-order valence-corrected chi connectivity index (χ0v) is 18.3. The molecule has 4 rings (SSSR count). The second kappa shape index (κ2) is 8.12. The summed E-state index contributed by atoms with van der Waals surface area (Å²) in [6.45, 7) is 2.15. The van der Waals surface area contributed by atoms with Gasteiger partial charge in [0.1, 0.15) is 0 Å². The van der Waals surface area contributed by atoms with Gasteiger partial charge in [-0.15, -0.1) is 0 Å². The van der Waals surface area contributed by atoms with Crippen molar-refractivity contribution in [3.63, 3.8) is 0 Å². The molecular formula is C23H17BrCl2N2. The van der Waals surface area contributed by atoms with Gasteiger partial charge in [0.25, 0.3) is 0 Å². The van der Waals surface area contributed by atoms with E-state index in [1.807, 2.05) is 59.3 Å². The number of benzene rings is 3. The Morgan fingerprint density at radius 2 is 1.43 bits per heavy atom. The van der Waals surface area contributed by atoms with Crippen molar-refractivity contribution in [3.05, 3.63) is 92.9 Å². The van der Waals surface area contributed by atoms with Crippen LogP contribution in [0.3, 0.4) is 0 Å². The third kappa shape index (κ3) is 3.88. The molecule has 0 amide bonds. The minimum atomic E-state index is 0.710. The lowest BCUT2D eigenvalue weighted by molar-refractivity contribution is 0.872. The van der Waals surface area contributed by atoms with Crippen LogP contribution in [0.2, 0.25) is 10.0 Å². The van der Waals surface area contributed by atoms with Gasteiger partial charge >= 0.3 is 0 Å². The summed E-state index contributed by atoms with van der Waals surface area (Å²) in [5, 5.41) is 6.37. The molecule has 0 radical (unpaired) electrons. The molecule has 1 heterocycles. The zero-order chi connectivity index (χ0) is 19.7. The third-order valence-corrected chi connectivity index (χ3v) is 5.64. The molecule has 0 bridgehead atoms. The van der Waals surface area contributed by atoms with E-state index in [0.29, 0.717) is 10.0 Å². The summed E-state index contributed by atoms with van der Waals surface area (Å²) in [5.41, 5.74) is 6.27. The Morgan fingerprint density at radius 1 is 0.821 bits per heavy atom. The highest BCUT2D eigenvalue weighted by Gasteiger charge is 2.15. The topological polar surface area (TPSA) is 17.8 Å². The monoisotopic (exact) mass is 470 g/mol. The van der Waals surface area contributed by atoms with Crippen molar-refractivity contribution in [1.29, 1.82) is 0 Å². The van der Waals surface area contributed by atoms with Crippen LogP contribution in [0.15, 0.2) is 77.3 Å². The quantitative estimate of drug-likeness (QED) is 0.296. The standard InChI is InChI=1S/C23H17BrCl2N2/c1-2-15-13-18(24)7-12-22(15)28-23(17-5-10-20(26)11-6-17)14-21(27-28)16-3-8-19(25)9-4-16/h3-14H,2H2,1H3. The highest BCUT2D eigenvalue weighted by molar-refractivity contribution is 9.10. The van der Waals surface area contributed by atoms with Crippen LogP contribution in [0.25, 0.3) is 28.2 Å². The average Bonchev–Trinajstić information content (AvgIpc) is 3.14. The second-order valence-corrected chi connectivity index (χ2v) is 8.26. The highest BCUT2D eigenvalue weighted by Crippen LogP contribution is 2.32. The first kappa shape index (κ1) is 19.3. The fraction of sp³-hybridized carbons (Fsp3) is 0.0870. The summed E-state index contributed by atoms with van der Waals surface area (Å²) >= 11 is 15.7. The fourth-order valence-corrected chi connectivity index (χ4v) is 3.86. The van der Waals surface area contributed by atoms with Crippen molar-refractivity contribution in [2.24, 2.45) is 0 Å². The molecule has 0 N–H and O–H groups in total. The predicted molar refractivity (Wildman–Crippen MR) is 122 cm³/mol. The molecule has 0 spiro atoms. The van der Waals surface area contributed by atoms with Crippen molar-refractivity contribution in [1.82, 2.24) is 9.78 Å². The second-order valence-electron chi connectivity index (χ2n) is 6.47. The van der Waals surface area contributed by atoms with Gasteiger partial charge in [0.2, 0.25) is 0 Å². The number of hydrogen-bond acceptors (Lipinski definition) is 1. The molecule has 28 heavy (non-hydrogen) atoms. The van der Waals surface area contributed by atoms with Gasteiger partial charge in [-0.2, -0.15) is 5.10 Å². The van der Waals surface area contributed by atoms with Gasteiger partial charge in [-0.1, -0.05) is 70.3 Å². The molecule has 1 aromatic heterocycles. The fourth-order valence-electron chi connectivity index (χ4n) is 3.20. The van der Waals surface area contributed by atoms with Crippen LogP contribution >= 0.6 is 39.1 Å². The van der Waals surface area contributed by atoms with Crippen molar-refractivity contribution in [2.45, 2.75) is 13.3 Å². The minimum absolute atomic E-state index is 0.710. The van der Waals surface area contributed by atoms with E-state index in [9.17, 15) is 0 Å². The van der Waals surface area contributed by atoms with E-state index in [2.05, 4.69) is 41.1 Å². The van der Waals surface area contributed by atoms with E-state index in [0.717, 1.165) is 39.1 Å². The largest absolute Gasteiger partial charge is 0.232 e. The summed E-state index contributed by atoms with van der Waals surface area (Å²) < 4.78 is 3.07. The van der Waals surface area contributed by atoms with Gasteiger partial charge in [0, 0.05) is 25.6 Å². The first-order chi connectivity index (χ1) is 13.5. The number of halogens is 3. The molecule has 4 aromatic rings. The molecule has 0 aliphatic carbocycles. The lowest BCUT2D eigenvalue weighted by Gasteiger charge is -2.12. The molecule has 0 aliphatic heterocycles. The van der Waals surface area contributed by atoms with Crippen LogP contribution < -0.4 is 0 Å². The van der Waals surface area contributed by atoms with E-state index in [4.69, 9.17) is 28.3 Å². The van der Waals surface area contributed by atoms with Crippen LogP contribution in [0.4, 0.5) is 0 Å². The summed E-state index contributed by atoms with van der Waals surface area (Å²) in [6, 6.07) is 24.0. The maximum Gasteiger partial charge on any atom is 0.0934 e. The molecule has 0 saturated heterocycles. The van der Waals surface area contributed by atoms with Gasteiger partial charge in [-0.25, -0.2) is 4.68 Å². The first-order valence-electron chi connectivity index (χ1n) is 8.96. The van der Waals surface area contributed by atoms with Crippen molar-refractivity contribution >= 4 is 39.1 Å². The average molecular weight is 472 g/mol. The highest BCUT2D eigenvalue weighted by atomic mass is 79.9. The number of rotatable bonds is 4. The molecule has 0 unspecified atom stereocenters. The van der Waals surface area contributed by atoms with Gasteiger partial charge in [0.05, 0.1) is 17.1 Å². The molecule has 140 valence electrons. The van der Waals surface area contributed by atoms with Gasteiger partial charge in [0.15, 0.2) is 0 Å². The predicted octanol–water partition coefficient (Wildman–Crippen LogP) is 7.84. The summed E-state index contributed by atoms with van der Waals surface area (Å²) in [4.78, 5) is 0. The van der Waals surface area contributed by atoms with E-state index in [1.165, 1.54) is 5.56 Å². The zero-order valence-electron chi connectivity index (χ0n) is 15.2. The Balaban J connectivity index is 1.93. The number of hydrogen-bond donors (Lipinski definition) is 0. The van der Waals surface area contributed by atoms with Gasteiger partial charge in [-0.05, 0) is 60.5 Å². The van der Waals surface area contributed by atoms with Crippen molar-refractivity contribution in [3.8, 4) is 28.2 Å². The molecule has 2 nitrogen and oxygen atoms in total. The van der Waals surface area contributed by atoms with E-state index in [1.54, 1.807) is 0 Å². The van der Waals surface area contributed by atoms with Crippen molar-refractivity contribution in [2.75, 3.05) is 0 Å². The van der Waals surface area contributed by atoms with Crippen LogP contribution in [0, 0.1) is 0 Å². The van der Waals surface area contributed by atoms with E-state index < -0.39 is 0 Å². The van der Waals surface area contributed by atoms with Crippen LogP contribution in [-0.4, -0.2) is 9.78 Å². The third-order valence-electron chi connectivity index (χ3n) is 4.64. The minimum Gasteiger partial charge on any atom is -0.232 e. The summed E-state index contributed by atoms with van der Waals surface area (Å²) in [7, 11) is 0. The molecular weight excluding hydrogens is 455 g/mol. The van der Waals surface area contributed by atoms with E-state index in [-0.39, 0.29) is 0 Å². The summed E-state index contributed by atoms with van der Waals surface area (Å²) in [6.07, 6.45) is 0.908. The molecule has 5 heteroatoms. The molecule has 0 aliphatic rings. The lowest BCUT2D eigenvalue weighted by Crippen LogP contribution is -2.03. The Labute approximate surface area is 182 Å². The Kier molecular flexibility index (Phi) is 5.58. The Hall–Kier alpha value is -2.07. The van der Waals surface area contributed by atoms with Gasteiger partial charge < -0.3 is 0 Å². The van der Waals surface area contributed by atoms with Crippen LogP contribution in [0.5, 0.6) is 0 Å². The van der Waals surface area contributed by atoms with Gasteiger partial charge in [-0.3, -0.25) is 0 Å². The molecule has 3 aromatic carbocycles. The van der Waals surface area contributed by atoms with Crippen molar-refractivity contribution < 1.29 is 0 Å². The number of aryl methyl sites for hydroxylation is 1. The smallest absolute Gasteiger partial charge is 0.0934 e. The lowest BCUT2D eigenvalue weighted by atomic mass is 10.1. The molecule has 0 atom stereocenters. The summed E-state index contributed by atoms with van der Waals surface area (Å²) in [5.74, 6) is 0. The van der Waals surface area contributed by atoms with Crippen LogP contribution in [0.1, 0.15) is 12.5 Å². The SMILES string of the molecule is CCc1cc(Br)ccc1-n1nc(-c2ccc(Cl)cc2)cc1-c1ccc(Cl)cc1. The first-order valence-corrected chi connectivity index (χ1v) is 10.5. The number of aromatic nitrogens is 2. The normalized spacial score (nSPS) is 11.0. The van der Waals surface area contributed by atoms with E-state index >= 15 is 0 Å². The molecule has 0 fully saturated rings. The molecule has 0 saturated carbocycles. The maximum absolute atomic E-state index is 6.10. The maximum atomic E-state index is 6.10.